The molecule has 2 aliphatic heterocycles. The SMILES string of the molecule is C.[2H]C([2H])([2H])C(C)(C)C1CCC2(CC1)N=C(c1cc(F)cc(F)c1)C(=O)N2[C@H](CCC(C)C)c1ccc(C(=O)NCC2=NNNN2)cc1. The fraction of sp³-hybridized carbons (Fsp3) is 0.529. The van der Waals surface area contributed by atoms with Crippen LogP contribution in [0.4, 0.5) is 8.78 Å². The zero-order valence-electron chi connectivity index (χ0n) is 28.6. The molecule has 0 saturated heterocycles. The van der Waals surface area contributed by atoms with Crippen LogP contribution in [-0.2, 0) is 4.79 Å². The van der Waals surface area contributed by atoms with Gasteiger partial charge in [0.1, 0.15) is 23.0 Å². The van der Waals surface area contributed by atoms with E-state index in [2.05, 4.69) is 40.8 Å². The van der Waals surface area contributed by atoms with Crippen LogP contribution in [0, 0.1) is 28.9 Å². The summed E-state index contributed by atoms with van der Waals surface area (Å²) in [5, 5.41) is 6.75. The second-order valence-corrected chi connectivity index (χ2v) is 13.0. The number of carbonyl (C=O) groups excluding carboxylic acids is 2. The highest BCUT2D eigenvalue weighted by Gasteiger charge is 2.52. The topological polar surface area (TPSA) is 110 Å². The third-order valence-corrected chi connectivity index (χ3v) is 8.89. The van der Waals surface area contributed by atoms with Crippen molar-refractivity contribution in [1.82, 2.24) is 26.7 Å². The summed E-state index contributed by atoms with van der Waals surface area (Å²) in [6, 6.07) is 9.62. The van der Waals surface area contributed by atoms with Gasteiger partial charge in [0.15, 0.2) is 5.84 Å². The molecule has 2 heterocycles. The van der Waals surface area contributed by atoms with Gasteiger partial charge in [-0.15, -0.1) is 10.6 Å². The fourth-order valence-corrected chi connectivity index (χ4v) is 6.44. The van der Waals surface area contributed by atoms with Crippen molar-refractivity contribution in [2.75, 3.05) is 6.54 Å². The molecule has 2 aromatic carbocycles. The number of amides is 2. The Morgan fingerprint density at radius 3 is 2.38 bits per heavy atom. The largest absolute Gasteiger partial charge is 0.345 e. The summed E-state index contributed by atoms with van der Waals surface area (Å²) in [5.41, 5.74) is 7.25. The van der Waals surface area contributed by atoms with Gasteiger partial charge in [0.25, 0.3) is 11.8 Å². The maximum atomic E-state index is 14.5. The summed E-state index contributed by atoms with van der Waals surface area (Å²) < 4.78 is 53.2. The van der Waals surface area contributed by atoms with Crippen molar-refractivity contribution >= 4 is 23.4 Å². The average Bonchev–Trinajstić information content (AvgIpc) is 3.62. The molecular weight excluding hydrogens is 576 g/mol. The lowest BCUT2D eigenvalue weighted by Gasteiger charge is -2.47. The molecule has 9 nitrogen and oxygen atoms in total. The summed E-state index contributed by atoms with van der Waals surface area (Å²) in [6.07, 6.45) is 3.22. The molecule has 11 heteroatoms. The Labute approximate surface area is 269 Å². The van der Waals surface area contributed by atoms with Crippen molar-refractivity contribution in [3.8, 4) is 0 Å². The summed E-state index contributed by atoms with van der Waals surface area (Å²) >= 11 is 0. The first-order chi connectivity index (χ1) is 22.1. The number of nitrogens with one attached hydrogen (secondary N) is 4. The molecule has 244 valence electrons. The molecule has 1 spiro atoms. The maximum absolute atomic E-state index is 14.5. The average molecular weight is 627 g/mol. The van der Waals surface area contributed by atoms with Gasteiger partial charge in [-0.3, -0.25) is 20.0 Å². The molecule has 45 heavy (non-hydrogen) atoms. The second-order valence-electron chi connectivity index (χ2n) is 13.0. The molecule has 0 bridgehead atoms. The first-order valence-electron chi connectivity index (χ1n) is 16.7. The van der Waals surface area contributed by atoms with Crippen molar-refractivity contribution in [2.45, 2.75) is 92.2 Å². The first-order valence-corrected chi connectivity index (χ1v) is 15.2. The van der Waals surface area contributed by atoms with Crippen molar-refractivity contribution < 1.29 is 22.5 Å². The smallest absolute Gasteiger partial charge is 0.275 e. The summed E-state index contributed by atoms with van der Waals surface area (Å²) in [4.78, 5) is 34.1. The molecule has 0 radical (unpaired) electrons. The van der Waals surface area contributed by atoms with Crippen LogP contribution in [0.2, 0.25) is 0 Å². The predicted molar refractivity (Wildman–Crippen MR) is 173 cm³/mol. The zero-order chi connectivity index (χ0) is 34.1. The van der Waals surface area contributed by atoms with Gasteiger partial charge in [-0.1, -0.05) is 54.1 Å². The zero-order valence-corrected chi connectivity index (χ0v) is 25.6. The van der Waals surface area contributed by atoms with E-state index in [0.29, 0.717) is 49.4 Å². The van der Waals surface area contributed by atoms with Crippen LogP contribution in [0.1, 0.15) is 112 Å². The van der Waals surface area contributed by atoms with Gasteiger partial charge in [-0.2, -0.15) is 0 Å². The van der Waals surface area contributed by atoms with Crippen molar-refractivity contribution in [2.24, 2.45) is 27.3 Å². The predicted octanol–water partition coefficient (Wildman–Crippen LogP) is 6.00. The lowest BCUT2D eigenvalue weighted by atomic mass is 9.69. The normalized spacial score (nSPS) is 23.3. The van der Waals surface area contributed by atoms with E-state index in [9.17, 15) is 18.4 Å². The molecule has 4 N–H and O–H groups in total. The number of hydrogen-bond donors (Lipinski definition) is 4. The summed E-state index contributed by atoms with van der Waals surface area (Å²) in [5.74, 6) is -1.62. The molecule has 1 saturated carbocycles. The van der Waals surface area contributed by atoms with Gasteiger partial charge in [0.05, 0.1) is 12.6 Å². The van der Waals surface area contributed by atoms with Crippen LogP contribution in [-0.4, -0.2) is 40.5 Å². The van der Waals surface area contributed by atoms with Crippen LogP contribution in [0.3, 0.4) is 0 Å². The van der Waals surface area contributed by atoms with Crippen LogP contribution in [0.25, 0.3) is 0 Å². The Morgan fingerprint density at radius 2 is 1.80 bits per heavy atom. The minimum absolute atomic E-state index is 0. The van der Waals surface area contributed by atoms with E-state index < -0.39 is 41.5 Å². The third-order valence-electron chi connectivity index (χ3n) is 8.89. The number of hydrazine groups is 2. The highest BCUT2D eigenvalue weighted by atomic mass is 19.1. The number of rotatable bonds is 9. The van der Waals surface area contributed by atoms with Gasteiger partial charge in [-0.25, -0.2) is 14.3 Å². The summed E-state index contributed by atoms with van der Waals surface area (Å²) in [6.45, 7) is 5.74. The number of aliphatic imine (C=N–C) groups is 1. The molecule has 1 fully saturated rings. The Hall–Kier alpha value is -3.86. The Kier molecular flexibility index (Phi) is 9.04. The number of nitrogens with zero attached hydrogens (tertiary/aromatic N) is 3. The van der Waals surface area contributed by atoms with Crippen molar-refractivity contribution in [3.63, 3.8) is 0 Å². The van der Waals surface area contributed by atoms with E-state index in [1.165, 1.54) is 0 Å². The van der Waals surface area contributed by atoms with Gasteiger partial charge in [0, 0.05) is 21.3 Å². The van der Waals surface area contributed by atoms with Crippen LogP contribution >= 0.6 is 0 Å². The van der Waals surface area contributed by atoms with Crippen molar-refractivity contribution in [3.05, 3.63) is 70.8 Å². The van der Waals surface area contributed by atoms with E-state index >= 15 is 0 Å². The van der Waals surface area contributed by atoms with E-state index in [-0.39, 0.29) is 37.1 Å². The minimum atomic E-state index is -2.16. The molecule has 1 aliphatic carbocycles. The molecule has 3 aliphatic rings. The lowest BCUT2D eigenvalue weighted by molar-refractivity contribution is -0.133. The monoisotopic (exact) mass is 626 g/mol. The number of benzene rings is 2. The number of halogens is 2. The number of hydrogen-bond acceptors (Lipinski definition) is 7. The fourth-order valence-electron chi connectivity index (χ4n) is 6.44. The van der Waals surface area contributed by atoms with Crippen molar-refractivity contribution in [1.29, 1.82) is 0 Å². The molecule has 1 atom stereocenters. The van der Waals surface area contributed by atoms with Gasteiger partial charge in [-0.05, 0) is 85.6 Å². The maximum Gasteiger partial charge on any atom is 0.275 e. The third kappa shape index (κ3) is 7.52. The number of amidine groups is 1. The highest BCUT2D eigenvalue weighted by Crippen LogP contribution is 2.50. The Bertz CT molecular complexity index is 1530. The Balaban J connectivity index is 0.00000520. The lowest BCUT2D eigenvalue weighted by Crippen LogP contribution is -2.51. The van der Waals surface area contributed by atoms with E-state index in [0.717, 1.165) is 30.2 Å². The van der Waals surface area contributed by atoms with Crippen LogP contribution < -0.4 is 21.8 Å². The minimum Gasteiger partial charge on any atom is -0.345 e. The molecule has 0 aromatic heterocycles. The van der Waals surface area contributed by atoms with Gasteiger partial charge in [0.2, 0.25) is 0 Å². The number of hydrazone groups is 1. The summed E-state index contributed by atoms with van der Waals surface area (Å²) in [7, 11) is 0. The highest BCUT2D eigenvalue weighted by molar-refractivity contribution is 6.46. The van der Waals surface area contributed by atoms with Crippen LogP contribution in [0.15, 0.2) is 52.6 Å². The molecule has 5 rings (SSSR count). The van der Waals surface area contributed by atoms with E-state index in [4.69, 9.17) is 9.10 Å². The Morgan fingerprint density at radius 1 is 1.13 bits per heavy atom. The number of carbonyl (C=O) groups is 2. The van der Waals surface area contributed by atoms with E-state index in [1.54, 1.807) is 30.9 Å². The quantitative estimate of drug-likeness (QED) is 0.273. The van der Waals surface area contributed by atoms with Crippen LogP contribution in [0.5, 0.6) is 0 Å². The standard InChI is InChI=1S/C33H43F2N7O2.CH4/c1-20(2)6-11-27(21-7-9-22(10-8-21)30(43)36-19-28-38-40-41-39-28)42-31(44)29(23-16-25(34)18-26(35)17-23)37-33(42)14-12-24(13-15-33)32(3,4)5;/h7-10,16-18,20,24,27,40-41H,6,11-15,19H2,1-5H3,(H,36,43)(H,38,39);1H4/t24?,27-,33?;/m1./s1/i3D3;. The molecular formula is C34H47F2N7O2. The molecule has 2 aromatic rings. The first kappa shape index (κ1) is 29.8. The van der Waals surface area contributed by atoms with Gasteiger partial charge < -0.3 is 10.2 Å². The van der Waals surface area contributed by atoms with Gasteiger partial charge >= 0.3 is 0 Å². The van der Waals surface area contributed by atoms with E-state index in [1.807, 2.05) is 12.1 Å². The molecule has 2 amide bonds. The molecule has 0 unspecified atom stereocenters. The second kappa shape index (κ2) is 13.6.